The minimum Gasteiger partial charge on any atom is -0.337 e. The van der Waals surface area contributed by atoms with Gasteiger partial charge in [0.25, 0.3) is 0 Å². The number of rotatable bonds is 6. The molecule has 1 rings (SSSR count). The van der Waals surface area contributed by atoms with Gasteiger partial charge in [-0.3, -0.25) is 0 Å². The van der Waals surface area contributed by atoms with Crippen molar-refractivity contribution in [1.29, 1.82) is 0 Å². The van der Waals surface area contributed by atoms with Crippen molar-refractivity contribution in [1.82, 2.24) is 10.2 Å². The SMILES string of the molecule is CCCCCC(C)(C)CNC(=O)N1CCCCCC1. The summed E-state index contributed by atoms with van der Waals surface area (Å²) in [6, 6.07) is 0.144. The van der Waals surface area contributed by atoms with Gasteiger partial charge in [-0.05, 0) is 24.7 Å². The van der Waals surface area contributed by atoms with Gasteiger partial charge in [0, 0.05) is 19.6 Å². The van der Waals surface area contributed by atoms with Gasteiger partial charge in [0.2, 0.25) is 0 Å². The first kappa shape index (κ1) is 16.3. The second-order valence-corrected chi connectivity index (χ2v) is 6.68. The van der Waals surface area contributed by atoms with Crippen LogP contribution >= 0.6 is 0 Å². The van der Waals surface area contributed by atoms with Gasteiger partial charge in [0.1, 0.15) is 0 Å². The van der Waals surface area contributed by atoms with E-state index in [0.29, 0.717) is 0 Å². The van der Waals surface area contributed by atoms with E-state index in [9.17, 15) is 4.79 Å². The Hall–Kier alpha value is -0.730. The van der Waals surface area contributed by atoms with Crippen LogP contribution in [0.5, 0.6) is 0 Å². The van der Waals surface area contributed by atoms with E-state index in [1.807, 2.05) is 4.90 Å². The number of nitrogens with one attached hydrogen (secondary N) is 1. The maximum Gasteiger partial charge on any atom is 0.317 e. The van der Waals surface area contributed by atoms with Crippen molar-refractivity contribution in [2.75, 3.05) is 19.6 Å². The van der Waals surface area contributed by atoms with E-state index in [1.165, 1.54) is 38.5 Å². The molecule has 0 aromatic heterocycles. The van der Waals surface area contributed by atoms with Gasteiger partial charge in [-0.2, -0.15) is 0 Å². The topological polar surface area (TPSA) is 32.3 Å². The van der Waals surface area contributed by atoms with Crippen LogP contribution in [0, 0.1) is 5.41 Å². The van der Waals surface area contributed by atoms with Crippen LogP contribution in [0.3, 0.4) is 0 Å². The first-order chi connectivity index (χ1) is 9.05. The summed E-state index contributed by atoms with van der Waals surface area (Å²) in [6.07, 6.45) is 9.88. The quantitative estimate of drug-likeness (QED) is 0.720. The zero-order valence-corrected chi connectivity index (χ0v) is 13.1. The molecule has 0 unspecified atom stereocenters. The van der Waals surface area contributed by atoms with E-state index in [2.05, 4.69) is 26.1 Å². The third-order valence-electron chi connectivity index (χ3n) is 4.07. The van der Waals surface area contributed by atoms with E-state index >= 15 is 0 Å². The van der Waals surface area contributed by atoms with Gasteiger partial charge in [-0.1, -0.05) is 52.9 Å². The van der Waals surface area contributed by atoms with Crippen molar-refractivity contribution >= 4 is 6.03 Å². The Morgan fingerprint density at radius 3 is 2.32 bits per heavy atom. The van der Waals surface area contributed by atoms with Crippen LogP contribution in [0.2, 0.25) is 0 Å². The predicted molar refractivity (Wildman–Crippen MR) is 81.4 cm³/mol. The van der Waals surface area contributed by atoms with Crippen molar-refractivity contribution in [3.63, 3.8) is 0 Å². The molecule has 0 aromatic rings. The second-order valence-electron chi connectivity index (χ2n) is 6.68. The Balaban J connectivity index is 2.27. The van der Waals surface area contributed by atoms with Crippen LogP contribution in [-0.4, -0.2) is 30.6 Å². The molecule has 1 heterocycles. The molecule has 0 aliphatic carbocycles. The standard InChI is InChI=1S/C16H32N2O/c1-4-5-8-11-16(2,3)14-17-15(19)18-12-9-6-7-10-13-18/h4-14H2,1-3H3,(H,17,19). The molecule has 1 fully saturated rings. The summed E-state index contributed by atoms with van der Waals surface area (Å²) < 4.78 is 0. The van der Waals surface area contributed by atoms with E-state index in [0.717, 1.165) is 32.5 Å². The van der Waals surface area contributed by atoms with Gasteiger partial charge in [0.05, 0.1) is 0 Å². The monoisotopic (exact) mass is 268 g/mol. The van der Waals surface area contributed by atoms with E-state index in [-0.39, 0.29) is 11.4 Å². The molecule has 112 valence electrons. The molecular weight excluding hydrogens is 236 g/mol. The van der Waals surface area contributed by atoms with Gasteiger partial charge < -0.3 is 10.2 Å². The highest BCUT2D eigenvalue weighted by Gasteiger charge is 2.21. The summed E-state index contributed by atoms with van der Waals surface area (Å²) in [5.74, 6) is 0. The van der Waals surface area contributed by atoms with Crippen molar-refractivity contribution in [2.45, 2.75) is 72.1 Å². The number of unbranched alkanes of at least 4 members (excludes halogenated alkanes) is 2. The highest BCUT2D eigenvalue weighted by atomic mass is 16.2. The minimum atomic E-state index is 0.144. The molecule has 1 aliphatic rings. The number of likely N-dealkylation sites (tertiary alicyclic amines) is 1. The molecular formula is C16H32N2O. The van der Waals surface area contributed by atoms with E-state index in [1.54, 1.807) is 0 Å². The Bertz CT molecular complexity index is 255. The second kappa shape index (κ2) is 8.44. The maximum absolute atomic E-state index is 12.1. The molecule has 19 heavy (non-hydrogen) atoms. The van der Waals surface area contributed by atoms with Gasteiger partial charge >= 0.3 is 6.03 Å². The van der Waals surface area contributed by atoms with Gasteiger partial charge in [0.15, 0.2) is 0 Å². The summed E-state index contributed by atoms with van der Waals surface area (Å²) >= 11 is 0. The molecule has 0 saturated carbocycles. The van der Waals surface area contributed by atoms with Gasteiger partial charge in [-0.15, -0.1) is 0 Å². The summed E-state index contributed by atoms with van der Waals surface area (Å²) in [6.45, 7) is 9.40. The highest BCUT2D eigenvalue weighted by Crippen LogP contribution is 2.22. The maximum atomic E-state index is 12.1. The van der Waals surface area contributed by atoms with Crippen LogP contribution in [0.25, 0.3) is 0 Å². The molecule has 3 heteroatoms. The van der Waals surface area contributed by atoms with Crippen LogP contribution < -0.4 is 5.32 Å². The number of carbonyl (C=O) groups excluding carboxylic acids is 1. The first-order valence-corrected chi connectivity index (χ1v) is 8.08. The van der Waals surface area contributed by atoms with Crippen LogP contribution in [-0.2, 0) is 0 Å². The summed E-state index contributed by atoms with van der Waals surface area (Å²) in [4.78, 5) is 14.1. The van der Waals surface area contributed by atoms with Crippen molar-refractivity contribution < 1.29 is 4.79 Å². The molecule has 0 spiro atoms. The fourth-order valence-electron chi connectivity index (χ4n) is 2.64. The number of amides is 2. The summed E-state index contributed by atoms with van der Waals surface area (Å²) in [5.41, 5.74) is 0.219. The number of urea groups is 1. The van der Waals surface area contributed by atoms with Crippen LogP contribution in [0.1, 0.15) is 72.1 Å². The smallest absolute Gasteiger partial charge is 0.317 e. The molecule has 1 N–H and O–H groups in total. The molecule has 2 amide bonds. The molecule has 0 radical (unpaired) electrons. The summed E-state index contributed by atoms with van der Waals surface area (Å²) in [5, 5.41) is 3.13. The minimum absolute atomic E-state index is 0.144. The number of hydrogen-bond donors (Lipinski definition) is 1. The fraction of sp³-hybridized carbons (Fsp3) is 0.938. The average molecular weight is 268 g/mol. The number of hydrogen-bond acceptors (Lipinski definition) is 1. The molecule has 1 saturated heterocycles. The summed E-state index contributed by atoms with van der Waals surface area (Å²) in [7, 11) is 0. The fourth-order valence-corrected chi connectivity index (χ4v) is 2.64. The van der Waals surface area contributed by atoms with Gasteiger partial charge in [-0.25, -0.2) is 4.79 Å². The Kier molecular flexibility index (Phi) is 7.25. The highest BCUT2D eigenvalue weighted by molar-refractivity contribution is 5.74. The lowest BCUT2D eigenvalue weighted by Gasteiger charge is -2.27. The number of carbonyl (C=O) groups is 1. The normalized spacial score (nSPS) is 17.1. The Labute approximate surface area is 119 Å². The molecule has 1 aliphatic heterocycles. The largest absolute Gasteiger partial charge is 0.337 e. The lowest BCUT2D eigenvalue weighted by molar-refractivity contribution is 0.192. The number of nitrogens with zero attached hydrogens (tertiary/aromatic N) is 1. The van der Waals surface area contributed by atoms with E-state index in [4.69, 9.17) is 0 Å². The Morgan fingerprint density at radius 2 is 1.74 bits per heavy atom. The van der Waals surface area contributed by atoms with Crippen LogP contribution in [0.15, 0.2) is 0 Å². The predicted octanol–water partition coefficient (Wildman–Crippen LogP) is 4.18. The first-order valence-electron chi connectivity index (χ1n) is 8.08. The zero-order valence-electron chi connectivity index (χ0n) is 13.1. The average Bonchev–Trinajstić information content (AvgIpc) is 2.65. The molecule has 3 nitrogen and oxygen atoms in total. The van der Waals surface area contributed by atoms with Crippen LogP contribution in [0.4, 0.5) is 4.79 Å². The molecule has 0 aromatic carbocycles. The molecule has 0 atom stereocenters. The molecule has 0 bridgehead atoms. The van der Waals surface area contributed by atoms with Crippen molar-refractivity contribution in [3.05, 3.63) is 0 Å². The Morgan fingerprint density at radius 1 is 1.11 bits per heavy atom. The zero-order chi connectivity index (χ0) is 14.1. The van der Waals surface area contributed by atoms with E-state index < -0.39 is 0 Å². The van der Waals surface area contributed by atoms with Crippen molar-refractivity contribution in [2.24, 2.45) is 5.41 Å². The third-order valence-corrected chi connectivity index (χ3v) is 4.07. The lowest BCUT2D eigenvalue weighted by Crippen LogP contribution is -2.44. The third kappa shape index (κ3) is 6.84. The lowest BCUT2D eigenvalue weighted by atomic mass is 9.87. The van der Waals surface area contributed by atoms with Crippen molar-refractivity contribution in [3.8, 4) is 0 Å².